The molecule has 1 unspecified atom stereocenters. The number of fused-ring (bicyclic) bond motifs is 1. The van der Waals surface area contributed by atoms with E-state index in [0.717, 1.165) is 14.9 Å². The molecule has 158 valence electrons. The lowest BCUT2D eigenvalue weighted by Crippen LogP contribution is -2.48. The fourth-order valence-corrected chi connectivity index (χ4v) is 4.04. The molecular weight excluding hydrogens is 444 g/mol. The Morgan fingerprint density at radius 3 is 2.07 bits per heavy atom. The van der Waals surface area contributed by atoms with Crippen LogP contribution < -0.4 is 5.32 Å². The molecule has 1 aliphatic heterocycles. The Labute approximate surface area is 186 Å². The van der Waals surface area contributed by atoms with Gasteiger partial charge in [-0.2, -0.15) is 0 Å². The molecule has 6 heteroatoms. The first-order chi connectivity index (χ1) is 14.0. The quantitative estimate of drug-likeness (QED) is 0.595. The molecule has 0 radical (unpaired) electrons. The average molecular weight is 471 g/mol. The number of nitrogens with one attached hydrogen (secondary N) is 1. The fourth-order valence-electron chi connectivity index (χ4n) is 3.57. The van der Waals surface area contributed by atoms with Crippen molar-refractivity contribution in [3.8, 4) is 0 Å². The third-order valence-electron chi connectivity index (χ3n) is 5.23. The molecule has 0 spiro atoms. The standard InChI is InChI=1S/C24H27BrN2O3/c1-14(2)12-20(27-22(29)16-8-6-7-9-17(16)23(27)30)21(28)26-19-11-10-15(13-18(19)25)24(3,4)5/h6-11,13-14,20H,12H2,1-5H3,(H,26,28). The SMILES string of the molecule is CC(C)CC(C(=O)Nc1ccc(C(C)(C)C)cc1Br)N1C(=O)c2ccccc2C1=O. The highest BCUT2D eigenvalue weighted by molar-refractivity contribution is 9.10. The molecule has 5 nitrogen and oxygen atoms in total. The van der Waals surface area contributed by atoms with Gasteiger partial charge in [0.15, 0.2) is 0 Å². The maximum absolute atomic E-state index is 13.2. The van der Waals surface area contributed by atoms with Gasteiger partial charge in [0.2, 0.25) is 5.91 Å². The second-order valence-corrected chi connectivity index (χ2v) is 9.96. The summed E-state index contributed by atoms with van der Waals surface area (Å²) in [6, 6.07) is 11.6. The van der Waals surface area contributed by atoms with Crippen LogP contribution in [0.3, 0.4) is 0 Å². The monoisotopic (exact) mass is 470 g/mol. The predicted octanol–water partition coefficient (Wildman–Crippen LogP) is 5.40. The van der Waals surface area contributed by atoms with E-state index in [1.165, 1.54) is 0 Å². The summed E-state index contributed by atoms with van der Waals surface area (Å²) in [5, 5.41) is 2.91. The number of carbonyl (C=O) groups excluding carboxylic acids is 3. The summed E-state index contributed by atoms with van der Waals surface area (Å²) in [6.45, 7) is 10.3. The molecule has 0 aromatic heterocycles. The molecule has 0 saturated heterocycles. The van der Waals surface area contributed by atoms with E-state index in [4.69, 9.17) is 0 Å². The van der Waals surface area contributed by atoms with Gasteiger partial charge < -0.3 is 5.32 Å². The number of nitrogens with zero attached hydrogens (tertiary/aromatic N) is 1. The normalized spacial score (nSPS) is 14.8. The minimum atomic E-state index is -0.883. The Balaban J connectivity index is 1.89. The van der Waals surface area contributed by atoms with E-state index in [9.17, 15) is 14.4 Å². The number of halogens is 1. The van der Waals surface area contributed by atoms with Gasteiger partial charge in [0.05, 0.1) is 16.8 Å². The zero-order chi connectivity index (χ0) is 22.2. The van der Waals surface area contributed by atoms with Gasteiger partial charge in [-0.05, 0) is 63.5 Å². The maximum atomic E-state index is 13.2. The average Bonchev–Trinajstić information content (AvgIpc) is 2.91. The molecule has 1 aliphatic rings. The van der Waals surface area contributed by atoms with Crippen molar-refractivity contribution in [2.45, 2.75) is 52.5 Å². The molecule has 0 bridgehead atoms. The van der Waals surface area contributed by atoms with Crippen LogP contribution in [-0.4, -0.2) is 28.7 Å². The Morgan fingerprint density at radius 1 is 1.03 bits per heavy atom. The number of rotatable bonds is 5. The van der Waals surface area contributed by atoms with Crippen LogP contribution in [0.1, 0.15) is 67.3 Å². The predicted molar refractivity (Wildman–Crippen MR) is 122 cm³/mol. The lowest BCUT2D eigenvalue weighted by Gasteiger charge is -2.27. The Hall–Kier alpha value is -2.47. The zero-order valence-corrected chi connectivity index (χ0v) is 19.5. The zero-order valence-electron chi connectivity index (χ0n) is 18.0. The van der Waals surface area contributed by atoms with Crippen molar-refractivity contribution in [3.05, 3.63) is 63.6 Å². The van der Waals surface area contributed by atoms with Gasteiger partial charge in [0.1, 0.15) is 6.04 Å². The first-order valence-corrected chi connectivity index (χ1v) is 10.9. The summed E-state index contributed by atoms with van der Waals surface area (Å²) in [6.07, 6.45) is 0.384. The molecular formula is C24H27BrN2O3. The van der Waals surface area contributed by atoms with Crippen LogP contribution in [0.15, 0.2) is 46.9 Å². The van der Waals surface area contributed by atoms with Crippen molar-refractivity contribution in [1.82, 2.24) is 4.90 Å². The third kappa shape index (κ3) is 4.33. The van der Waals surface area contributed by atoms with Crippen molar-refractivity contribution in [3.63, 3.8) is 0 Å². The van der Waals surface area contributed by atoms with Crippen molar-refractivity contribution >= 4 is 39.3 Å². The summed E-state index contributed by atoms with van der Waals surface area (Å²) in [7, 11) is 0. The van der Waals surface area contributed by atoms with E-state index >= 15 is 0 Å². The number of amides is 3. The van der Waals surface area contributed by atoms with Crippen molar-refractivity contribution in [2.75, 3.05) is 5.32 Å². The minimum Gasteiger partial charge on any atom is -0.323 e. The van der Waals surface area contributed by atoms with Crippen molar-refractivity contribution < 1.29 is 14.4 Å². The Morgan fingerprint density at radius 2 is 1.60 bits per heavy atom. The van der Waals surface area contributed by atoms with Crippen molar-refractivity contribution in [1.29, 1.82) is 0 Å². The first-order valence-electron chi connectivity index (χ1n) is 10.1. The van der Waals surface area contributed by atoms with Gasteiger partial charge in [-0.3, -0.25) is 19.3 Å². The Bertz CT molecular complexity index is 973. The van der Waals surface area contributed by atoms with Crippen LogP contribution in [0.5, 0.6) is 0 Å². The van der Waals surface area contributed by atoms with Gasteiger partial charge >= 0.3 is 0 Å². The number of carbonyl (C=O) groups is 3. The molecule has 2 aromatic rings. The second-order valence-electron chi connectivity index (χ2n) is 9.11. The highest BCUT2D eigenvalue weighted by atomic mass is 79.9. The van der Waals surface area contributed by atoms with E-state index in [1.54, 1.807) is 24.3 Å². The number of anilines is 1. The van der Waals surface area contributed by atoms with Gasteiger partial charge in [0, 0.05) is 4.47 Å². The van der Waals surface area contributed by atoms with Crippen LogP contribution in [0, 0.1) is 5.92 Å². The largest absolute Gasteiger partial charge is 0.323 e. The van der Waals surface area contributed by atoms with Gasteiger partial charge in [0.25, 0.3) is 11.8 Å². The van der Waals surface area contributed by atoms with E-state index in [-0.39, 0.29) is 17.2 Å². The van der Waals surface area contributed by atoms with E-state index in [0.29, 0.717) is 23.2 Å². The second kappa shape index (κ2) is 8.34. The summed E-state index contributed by atoms with van der Waals surface area (Å²) in [4.78, 5) is 40.2. The first kappa shape index (κ1) is 22.2. The molecule has 1 atom stereocenters. The Kier molecular flexibility index (Phi) is 6.18. The highest BCUT2D eigenvalue weighted by Crippen LogP contribution is 2.32. The van der Waals surface area contributed by atoms with E-state index in [2.05, 4.69) is 42.0 Å². The van der Waals surface area contributed by atoms with Crippen LogP contribution in [0.2, 0.25) is 0 Å². The number of hydrogen-bond acceptors (Lipinski definition) is 3. The molecule has 2 aromatic carbocycles. The van der Waals surface area contributed by atoms with E-state index in [1.807, 2.05) is 32.0 Å². The molecule has 1 heterocycles. The van der Waals surface area contributed by atoms with Crippen LogP contribution in [0.4, 0.5) is 5.69 Å². The summed E-state index contributed by atoms with van der Waals surface area (Å²) < 4.78 is 0.758. The molecule has 30 heavy (non-hydrogen) atoms. The number of imide groups is 1. The molecule has 1 N–H and O–H groups in total. The number of benzene rings is 2. The highest BCUT2D eigenvalue weighted by Gasteiger charge is 2.42. The molecule has 0 fully saturated rings. The molecule has 3 amide bonds. The minimum absolute atomic E-state index is 0.0224. The smallest absolute Gasteiger partial charge is 0.262 e. The molecule has 0 saturated carbocycles. The fraction of sp³-hybridized carbons (Fsp3) is 0.375. The number of hydrogen-bond donors (Lipinski definition) is 1. The molecule has 0 aliphatic carbocycles. The van der Waals surface area contributed by atoms with Gasteiger partial charge in [-0.25, -0.2) is 0 Å². The summed E-state index contributed by atoms with van der Waals surface area (Å²) in [5.74, 6) is -1.09. The topological polar surface area (TPSA) is 66.5 Å². The maximum Gasteiger partial charge on any atom is 0.262 e. The third-order valence-corrected chi connectivity index (χ3v) is 5.88. The lowest BCUT2D eigenvalue weighted by atomic mass is 9.87. The summed E-state index contributed by atoms with van der Waals surface area (Å²) in [5.41, 5.74) is 2.41. The van der Waals surface area contributed by atoms with Gasteiger partial charge in [-0.1, -0.05) is 52.8 Å². The van der Waals surface area contributed by atoms with Crippen molar-refractivity contribution in [2.24, 2.45) is 5.92 Å². The van der Waals surface area contributed by atoms with Crippen LogP contribution >= 0.6 is 15.9 Å². The molecule has 3 rings (SSSR count). The summed E-state index contributed by atoms with van der Waals surface area (Å²) >= 11 is 3.54. The van der Waals surface area contributed by atoms with E-state index < -0.39 is 17.9 Å². The van der Waals surface area contributed by atoms with Crippen LogP contribution in [-0.2, 0) is 10.2 Å². The lowest BCUT2D eigenvalue weighted by molar-refractivity contribution is -0.120. The van der Waals surface area contributed by atoms with Gasteiger partial charge in [-0.15, -0.1) is 0 Å². The van der Waals surface area contributed by atoms with Crippen LogP contribution in [0.25, 0.3) is 0 Å².